The topological polar surface area (TPSA) is 91.2 Å². The van der Waals surface area contributed by atoms with Gasteiger partial charge >= 0.3 is 0 Å². The number of aromatic nitrogens is 4. The lowest BCUT2D eigenvalue weighted by Gasteiger charge is -2.10. The molecule has 0 bridgehead atoms. The number of hydrogen-bond acceptors (Lipinski definition) is 6. The molecule has 0 spiro atoms. The Labute approximate surface area is 202 Å². The summed E-state index contributed by atoms with van der Waals surface area (Å²) in [5.74, 6) is 1.31. The molecule has 8 heteroatoms. The van der Waals surface area contributed by atoms with Crippen LogP contribution in [0.25, 0.3) is 16.7 Å². The summed E-state index contributed by atoms with van der Waals surface area (Å²) in [5.41, 5.74) is 4.10. The molecule has 8 nitrogen and oxygen atoms in total. The van der Waals surface area contributed by atoms with Gasteiger partial charge in [-0.3, -0.25) is 19.3 Å². The van der Waals surface area contributed by atoms with Gasteiger partial charge < -0.3 is 14.8 Å². The first kappa shape index (κ1) is 22.1. The Balaban J connectivity index is 1.20. The Hall–Kier alpha value is -4.72. The van der Waals surface area contributed by atoms with Gasteiger partial charge in [0, 0.05) is 36.4 Å². The van der Waals surface area contributed by atoms with Crippen LogP contribution in [0, 0.1) is 0 Å². The number of nitrogens with one attached hydrogen (secondary N) is 1. The van der Waals surface area contributed by atoms with E-state index in [0.717, 1.165) is 28.0 Å². The Morgan fingerprint density at radius 2 is 1.63 bits per heavy atom. The predicted octanol–water partition coefficient (Wildman–Crippen LogP) is 4.20. The molecule has 174 valence electrons. The molecule has 0 unspecified atom stereocenters. The van der Waals surface area contributed by atoms with Crippen molar-refractivity contribution in [1.82, 2.24) is 24.8 Å². The molecule has 0 atom stereocenters. The molecule has 1 amide bonds. The van der Waals surface area contributed by atoms with E-state index in [9.17, 15) is 4.79 Å². The van der Waals surface area contributed by atoms with E-state index in [0.29, 0.717) is 31.1 Å². The molecule has 35 heavy (non-hydrogen) atoms. The Kier molecular flexibility index (Phi) is 6.61. The van der Waals surface area contributed by atoms with Crippen LogP contribution in [-0.2, 0) is 6.54 Å². The molecule has 0 aliphatic carbocycles. The predicted molar refractivity (Wildman–Crippen MR) is 132 cm³/mol. The van der Waals surface area contributed by atoms with Crippen molar-refractivity contribution in [3.05, 3.63) is 109 Å². The molecule has 2 aromatic carbocycles. The van der Waals surface area contributed by atoms with E-state index in [-0.39, 0.29) is 5.91 Å². The number of benzene rings is 2. The number of hydrogen-bond donors (Lipinski definition) is 1. The summed E-state index contributed by atoms with van der Waals surface area (Å²) in [6, 6.07) is 20.7. The number of pyridine rings is 2. The van der Waals surface area contributed by atoms with Crippen molar-refractivity contribution >= 4 is 16.9 Å². The number of ether oxygens (including phenoxy) is 2. The van der Waals surface area contributed by atoms with Gasteiger partial charge in [-0.05, 0) is 66.2 Å². The fourth-order valence-electron chi connectivity index (χ4n) is 3.60. The largest absolute Gasteiger partial charge is 0.490 e. The zero-order chi connectivity index (χ0) is 23.9. The van der Waals surface area contributed by atoms with Crippen LogP contribution in [0.3, 0.4) is 0 Å². The summed E-state index contributed by atoms with van der Waals surface area (Å²) in [4.78, 5) is 25.1. The van der Waals surface area contributed by atoms with Crippen molar-refractivity contribution in [3.63, 3.8) is 0 Å². The maximum atomic E-state index is 12.6. The smallest absolute Gasteiger partial charge is 0.251 e. The molecule has 0 aliphatic heterocycles. The lowest BCUT2D eigenvalue weighted by atomic mass is 10.1. The monoisotopic (exact) mass is 465 g/mol. The molecular weight excluding hydrogens is 442 g/mol. The van der Waals surface area contributed by atoms with Crippen molar-refractivity contribution < 1.29 is 14.3 Å². The van der Waals surface area contributed by atoms with Crippen LogP contribution in [0.4, 0.5) is 0 Å². The Morgan fingerprint density at radius 1 is 0.857 bits per heavy atom. The van der Waals surface area contributed by atoms with E-state index < -0.39 is 0 Å². The number of rotatable bonds is 9. The maximum absolute atomic E-state index is 12.6. The third-order valence-corrected chi connectivity index (χ3v) is 5.36. The van der Waals surface area contributed by atoms with Crippen LogP contribution >= 0.6 is 0 Å². The van der Waals surface area contributed by atoms with Crippen LogP contribution in [0.2, 0.25) is 0 Å². The van der Waals surface area contributed by atoms with E-state index in [1.807, 2.05) is 59.2 Å². The molecule has 0 radical (unpaired) electrons. The van der Waals surface area contributed by atoms with E-state index in [2.05, 4.69) is 20.3 Å². The van der Waals surface area contributed by atoms with Gasteiger partial charge in [0.15, 0.2) is 0 Å². The minimum absolute atomic E-state index is 0.153. The summed E-state index contributed by atoms with van der Waals surface area (Å²) < 4.78 is 13.3. The first-order valence-corrected chi connectivity index (χ1v) is 11.2. The van der Waals surface area contributed by atoms with Gasteiger partial charge in [-0.15, -0.1) is 0 Å². The highest BCUT2D eigenvalue weighted by atomic mass is 16.5. The lowest BCUT2D eigenvalue weighted by Crippen LogP contribution is -2.22. The van der Waals surface area contributed by atoms with Gasteiger partial charge in [0.05, 0.1) is 17.2 Å². The van der Waals surface area contributed by atoms with Crippen LogP contribution in [0.15, 0.2) is 97.8 Å². The van der Waals surface area contributed by atoms with E-state index in [4.69, 9.17) is 9.47 Å². The number of carbonyl (C=O) groups excluding carboxylic acids is 1. The van der Waals surface area contributed by atoms with Crippen LogP contribution < -0.4 is 14.8 Å². The fraction of sp³-hybridized carbons (Fsp3) is 0.111. The van der Waals surface area contributed by atoms with Crippen molar-refractivity contribution in [2.75, 3.05) is 13.2 Å². The highest BCUT2D eigenvalue weighted by Crippen LogP contribution is 2.22. The minimum Gasteiger partial charge on any atom is -0.490 e. The molecule has 5 aromatic rings. The standard InChI is InChI=1S/C27H23N5O3/c33-27(30-17-20-3-1-11-28-16-20)21-5-10-26-25(15-21)31-19-32(26)22-6-8-23(9-7-22)34-13-14-35-24-4-2-12-29-18-24/h1-12,15-16,18-19H,13-14,17H2,(H,30,33). The zero-order valence-corrected chi connectivity index (χ0v) is 18.9. The first-order valence-electron chi connectivity index (χ1n) is 11.2. The second-order valence-electron chi connectivity index (χ2n) is 7.74. The number of nitrogens with zero attached hydrogens (tertiary/aromatic N) is 4. The average Bonchev–Trinajstić information content (AvgIpc) is 3.35. The second kappa shape index (κ2) is 10.5. The highest BCUT2D eigenvalue weighted by Gasteiger charge is 2.10. The van der Waals surface area contributed by atoms with Gasteiger partial charge in [-0.2, -0.15) is 0 Å². The van der Waals surface area contributed by atoms with E-state index in [1.165, 1.54) is 0 Å². The number of carbonyl (C=O) groups is 1. The molecular formula is C27H23N5O3. The SMILES string of the molecule is O=C(NCc1cccnc1)c1ccc2c(c1)ncn2-c1ccc(OCCOc2cccnc2)cc1. The molecule has 3 aromatic heterocycles. The Bertz CT molecular complexity index is 1400. The molecule has 5 rings (SSSR count). The van der Waals surface area contributed by atoms with E-state index >= 15 is 0 Å². The summed E-state index contributed by atoms with van der Waals surface area (Å²) >= 11 is 0. The highest BCUT2D eigenvalue weighted by molar-refractivity contribution is 5.97. The fourth-order valence-corrected chi connectivity index (χ4v) is 3.60. The van der Waals surface area contributed by atoms with Gasteiger partial charge in [0.2, 0.25) is 0 Å². The molecule has 0 saturated carbocycles. The van der Waals surface area contributed by atoms with Crippen molar-refractivity contribution in [2.24, 2.45) is 0 Å². The number of imidazole rings is 1. The summed E-state index contributed by atoms with van der Waals surface area (Å²) in [6.45, 7) is 1.27. The normalized spacial score (nSPS) is 10.7. The van der Waals surface area contributed by atoms with E-state index in [1.54, 1.807) is 43.2 Å². The van der Waals surface area contributed by atoms with Crippen molar-refractivity contribution in [3.8, 4) is 17.2 Å². The van der Waals surface area contributed by atoms with Gasteiger partial charge in [-0.1, -0.05) is 6.07 Å². The number of amides is 1. The first-order chi connectivity index (χ1) is 17.3. The summed E-state index contributed by atoms with van der Waals surface area (Å²) in [6.07, 6.45) is 8.56. The third-order valence-electron chi connectivity index (χ3n) is 5.36. The summed E-state index contributed by atoms with van der Waals surface area (Å²) in [5, 5.41) is 2.92. The van der Waals surface area contributed by atoms with Crippen LogP contribution in [-0.4, -0.2) is 38.6 Å². The van der Waals surface area contributed by atoms with Crippen molar-refractivity contribution in [2.45, 2.75) is 6.54 Å². The third kappa shape index (κ3) is 5.44. The maximum Gasteiger partial charge on any atom is 0.251 e. The Morgan fingerprint density at radius 3 is 2.37 bits per heavy atom. The molecule has 0 fully saturated rings. The molecule has 0 saturated heterocycles. The number of fused-ring (bicyclic) bond motifs is 1. The molecule has 0 aliphatic rings. The van der Waals surface area contributed by atoms with Crippen molar-refractivity contribution in [1.29, 1.82) is 0 Å². The van der Waals surface area contributed by atoms with Crippen LogP contribution in [0.1, 0.15) is 15.9 Å². The average molecular weight is 466 g/mol. The quantitative estimate of drug-likeness (QED) is 0.328. The molecule has 1 N–H and O–H groups in total. The van der Waals surface area contributed by atoms with Gasteiger partial charge in [-0.25, -0.2) is 4.98 Å². The molecule has 3 heterocycles. The second-order valence-corrected chi connectivity index (χ2v) is 7.74. The van der Waals surface area contributed by atoms with Crippen LogP contribution in [0.5, 0.6) is 11.5 Å². The zero-order valence-electron chi connectivity index (χ0n) is 18.9. The lowest BCUT2D eigenvalue weighted by molar-refractivity contribution is 0.0951. The minimum atomic E-state index is -0.153. The van der Waals surface area contributed by atoms with Gasteiger partial charge in [0.1, 0.15) is 31.0 Å². The van der Waals surface area contributed by atoms with Gasteiger partial charge in [0.25, 0.3) is 5.91 Å². The summed E-state index contributed by atoms with van der Waals surface area (Å²) in [7, 11) is 0.